The van der Waals surface area contributed by atoms with Crippen molar-refractivity contribution < 1.29 is 13.2 Å². The second kappa shape index (κ2) is 5.81. The Kier molecular flexibility index (Phi) is 3.94. The number of nitrogens with two attached hydrogens (primary N) is 2. The Bertz CT molecular complexity index is 761. The van der Waals surface area contributed by atoms with E-state index in [2.05, 4.69) is 15.0 Å². The van der Waals surface area contributed by atoms with Crippen molar-refractivity contribution in [3.05, 3.63) is 35.2 Å². The van der Waals surface area contributed by atoms with Gasteiger partial charge in [0.15, 0.2) is 0 Å². The van der Waals surface area contributed by atoms with Gasteiger partial charge in [0.05, 0.1) is 11.3 Å². The van der Waals surface area contributed by atoms with Crippen LogP contribution in [0.5, 0.6) is 0 Å². The Labute approximate surface area is 136 Å². The van der Waals surface area contributed by atoms with Crippen LogP contribution in [0.25, 0.3) is 0 Å². The number of hydrogen-bond acceptors (Lipinski definition) is 6. The molecule has 6 nitrogen and oxygen atoms in total. The summed E-state index contributed by atoms with van der Waals surface area (Å²) in [4.78, 5) is 13.7. The first-order valence-electron chi connectivity index (χ1n) is 7.46. The lowest BCUT2D eigenvalue weighted by Gasteiger charge is -2.26. The van der Waals surface area contributed by atoms with Crippen LogP contribution in [0.15, 0.2) is 18.3 Å². The summed E-state index contributed by atoms with van der Waals surface area (Å²) in [6.45, 7) is 2.56. The Morgan fingerprint density at radius 1 is 1.25 bits per heavy atom. The van der Waals surface area contributed by atoms with Gasteiger partial charge in [-0.05, 0) is 12.1 Å². The third-order valence-corrected chi connectivity index (χ3v) is 4.07. The molecule has 24 heavy (non-hydrogen) atoms. The minimum Gasteiger partial charge on any atom is -0.383 e. The summed E-state index contributed by atoms with van der Waals surface area (Å²) in [5.41, 5.74) is 12.2. The van der Waals surface area contributed by atoms with Crippen LogP contribution in [0.1, 0.15) is 29.7 Å². The van der Waals surface area contributed by atoms with Gasteiger partial charge in [0.1, 0.15) is 11.6 Å². The summed E-state index contributed by atoms with van der Waals surface area (Å²) in [5, 5.41) is 0. The third-order valence-electron chi connectivity index (χ3n) is 4.07. The predicted molar refractivity (Wildman–Crippen MR) is 84.4 cm³/mol. The number of nitrogens with zero attached hydrogens (tertiary/aromatic N) is 4. The van der Waals surface area contributed by atoms with E-state index in [1.165, 1.54) is 12.3 Å². The van der Waals surface area contributed by atoms with Crippen LogP contribution in [0.4, 0.5) is 30.8 Å². The fourth-order valence-electron chi connectivity index (χ4n) is 3.10. The number of alkyl halides is 3. The number of aromatic nitrogens is 3. The molecule has 0 saturated heterocycles. The van der Waals surface area contributed by atoms with Crippen LogP contribution in [-0.2, 0) is 12.6 Å². The topological polar surface area (TPSA) is 94.0 Å². The van der Waals surface area contributed by atoms with Crippen LogP contribution in [-0.4, -0.2) is 28.0 Å². The summed E-state index contributed by atoms with van der Waals surface area (Å²) in [6.07, 6.45) is -2.68. The highest BCUT2D eigenvalue weighted by molar-refractivity contribution is 5.53. The lowest BCUT2D eigenvalue weighted by molar-refractivity contribution is -0.137. The Balaban J connectivity index is 1.99. The van der Waals surface area contributed by atoms with Gasteiger partial charge >= 0.3 is 6.18 Å². The SMILES string of the molecule is CC1CN(c2ncccc2C(F)(F)F)CCc2nc(N)nc(N)c21. The molecule has 0 spiro atoms. The molecule has 1 aliphatic heterocycles. The molecule has 9 heteroatoms. The molecule has 0 aromatic carbocycles. The molecule has 1 aliphatic rings. The van der Waals surface area contributed by atoms with E-state index >= 15 is 0 Å². The molecule has 0 aliphatic carbocycles. The van der Waals surface area contributed by atoms with Crippen molar-refractivity contribution in [2.45, 2.75) is 25.4 Å². The van der Waals surface area contributed by atoms with E-state index in [1.807, 2.05) is 6.92 Å². The molecule has 1 atom stereocenters. The van der Waals surface area contributed by atoms with Gasteiger partial charge < -0.3 is 16.4 Å². The highest BCUT2D eigenvalue weighted by Crippen LogP contribution is 2.37. The second-order valence-electron chi connectivity index (χ2n) is 5.80. The largest absolute Gasteiger partial charge is 0.419 e. The molecule has 0 fully saturated rings. The minimum absolute atomic E-state index is 0.0701. The summed E-state index contributed by atoms with van der Waals surface area (Å²) < 4.78 is 39.8. The molecule has 2 aromatic rings. The van der Waals surface area contributed by atoms with Gasteiger partial charge in [0.2, 0.25) is 5.95 Å². The first-order valence-corrected chi connectivity index (χ1v) is 7.46. The fraction of sp³-hybridized carbons (Fsp3) is 0.400. The van der Waals surface area contributed by atoms with Crippen molar-refractivity contribution in [2.75, 3.05) is 29.5 Å². The van der Waals surface area contributed by atoms with Gasteiger partial charge in [-0.15, -0.1) is 0 Å². The molecule has 0 saturated carbocycles. The molecule has 0 bridgehead atoms. The smallest absolute Gasteiger partial charge is 0.383 e. The summed E-state index contributed by atoms with van der Waals surface area (Å²) in [7, 11) is 0. The third kappa shape index (κ3) is 2.93. The number of hydrogen-bond donors (Lipinski definition) is 2. The summed E-state index contributed by atoms with van der Waals surface area (Å²) >= 11 is 0. The van der Waals surface area contributed by atoms with Crippen molar-refractivity contribution in [1.82, 2.24) is 15.0 Å². The average Bonchev–Trinajstić information content (AvgIpc) is 2.65. The van der Waals surface area contributed by atoms with Gasteiger partial charge in [0.25, 0.3) is 0 Å². The number of pyridine rings is 1. The maximum absolute atomic E-state index is 13.3. The number of rotatable bonds is 1. The molecular weight excluding hydrogens is 321 g/mol. The number of nitrogen functional groups attached to an aromatic ring is 2. The summed E-state index contributed by atoms with van der Waals surface area (Å²) in [5.74, 6) is 0.125. The van der Waals surface area contributed by atoms with E-state index < -0.39 is 11.7 Å². The van der Waals surface area contributed by atoms with E-state index in [0.717, 1.165) is 11.6 Å². The molecule has 2 aromatic heterocycles. The van der Waals surface area contributed by atoms with Crippen LogP contribution < -0.4 is 16.4 Å². The van der Waals surface area contributed by atoms with Gasteiger partial charge in [-0.1, -0.05) is 6.92 Å². The molecule has 3 rings (SSSR count). The fourth-order valence-corrected chi connectivity index (χ4v) is 3.10. The van der Waals surface area contributed by atoms with E-state index in [1.54, 1.807) is 4.90 Å². The lowest BCUT2D eigenvalue weighted by atomic mass is 10.00. The molecule has 0 amide bonds. The quantitative estimate of drug-likeness (QED) is 0.828. The van der Waals surface area contributed by atoms with Gasteiger partial charge in [-0.25, -0.2) is 9.97 Å². The second-order valence-corrected chi connectivity index (χ2v) is 5.80. The molecule has 1 unspecified atom stereocenters. The van der Waals surface area contributed by atoms with Crippen LogP contribution in [0.3, 0.4) is 0 Å². The van der Waals surface area contributed by atoms with Gasteiger partial charge in [-0.2, -0.15) is 18.2 Å². The first-order chi connectivity index (χ1) is 11.3. The number of fused-ring (bicyclic) bond motifs is 1. The van der Waals surface area contributed by atoms with E-state index in [4.69, 9.17) is 11.5 Å². The van der Waals surface area contributed by atoms with E-state index in [0.29, 0.717) is 25.2 Å². The Morgan fingerprint density at radius 2 is 2.00 bits per heavy atom. The van der Waals surface area contributed by atoms with Gasteiger partial charge in [0, 0.05) is 37.2 Å². The first kappa shape index (κ1) is 16.3. The van der Waals surface area contributed by atoms with Crippen molar-refractivity contribution in [2.24, 2.45) is 0 Å². The van der Waals surface area contributed by atoms with Crippen molar-refractivity contribution in [3.8, 4) is 0 Å². The van der Waals surface area contributed by atoms with Crippen LogP contribution >= 0.6 is 0 Å². The molecule has 0 radical (unpaired) electrons. The molecule has 128 valence electrons. The summed E-state index contributed by atoms with van der Waals surface area (Å²) in [6, 6.07) is 2.32. The highest BCUT2D eigenvalue weighted by Gasteiger charge is 2.36. The zero-order valence-corrected chi connectivity index (χ0v) is 13.0. The van der Waals surface area contributed by atoms with Crippen molar-refractivity contribution in [3.63, 3.8) is 0 Å². The Hall–Kier alpha value is -2.58. The van der Waals surface area contributed by atoms with E-state index in [9.17, 15) is 13.2 Å². The number of halogens is 3. The predicted octanol–water partition coefficient (Wildman–Crippen LogP) is 2.22. The monoisotopic (exact) mass is 338 g/mol. The zero-order chi connectivity index (χ0) is 17.5. The van der Waals surface area contributed by atoms with Crippen LogP contribution in [0, 0.1) is 0 Å². The average molecular weight is 338 g/mol. The van der Waals surface area contributed by atoms with Crippen molar-refractivity contribution >= 4 is 17.6 Å². The standard InChI is InChI=1S/C15H17F3N6/c1-8-7-24(13-9(15(16,17)18)3-2-5-21-13)6-4-10-11(8)12(19)23-14(20)22-10/h2-3,5,8H,4,6-7H2,1H3,(H4,19,20,22,23). The van der Waals surface area contributed by atoms with Crippen LogP contribution in [0.2, 0.25) is 0 Å². The van der Waals surface area contributed by atoms with Gasteiger partial charge in [-0.3, -0.25) is 0 Å². The molecular formula is C15H17F3N6. The highest BCUT2D eigenvalue weighted by atomic mass is 19.4. The normalized spacial score (nSPS) is 18.2. The number of anilines is 3. The maximum atomic E-state index is 13.3. The zero-order valence-electron chi connectivity index (χ0n) is 13.0. The minimum atomic E-state index is -4.46. The maximum Gasteiger partial charge on any atom is 0.419 e. The Morgan fingerprint density at radius 3 is 2.71 bits per heavy atom. The molecule has 4 N–H and O–H groups in total. The lowest BCUT2D eigenvalue weighted by Crippen LogP contribution is -2.30. The molecule has 3 heterocycles. The van der Waals surface area contributed by atoms with Crippen molar-refractivity contribution in [1.29, 1.82) is 0 Å². The van der Waals surface area contributed by atoms with E-state index in [-0.39, 0.29) is 23.5 Å².